The van der Waals surface area contributed by atoms with Crippen molar-refractivity contribution in [3.8, 4) is 0 Å². The monoisotopic (exact) mass is 443 g/mol. The SMILES string of the molecule is Cc1ccc(NC(=O)CN(C)C(=O)c2ccc(S(=O)(=O)N3CCCCCC3)cc2)cc1. The molecule has 1 N–H and O–H groups in total. The molecule has 1 heterocycles. The minimum absolute atomic E-state index is 0.111. The van der Waals surface area contributed by atoms with Gasteiger partial charge in [-0.15, -0.1) is 0 Å². The highest BCUT2D eigenvalue weighted by atomic mass is 32.2. The van der Waals surface area contributed by atoms with Crippen LogP contribution < -0.4 is 5.32 Å². The maximum absolute atomic E-state index is 12.9. The Bertz CT molecular complexity index is 1010. The Balaban J connectivity index is 1.62. The molecule has 1 fully saturated rings. The zero-order valence-corrected chi connectivity index (χ0v) is 18.8. The van der Waals surface area contributed by atoms with Crippen LogP contribution in [0.3, 0.4) is 0 Å². The van der Waals surface area contributed by atoms with Crippen molar-refractivity contribution in [2.75, 3.05) is 32.0 Å². The van der Waals surface area contributed by atoms with Gasteiger partial charge in [0.05, 0.1) is 11.4 Å². The van der Waals surface area contributed by atoms with Crippen molar-refractivity contribution in [1.29, 1.82) is 0 Å². The van der Waals surface area contributed by atoms with E-state index in [9.17, 15) is 18.0 Å². The number of likely N-dealkylation sites (N-methyl/N-ethyl adjacent to an activating group) is 1. The van der Waals surface area contributed by atoms with Gasteiger partial charge in [-0.25, -0.2) is 8.42 Å². The predicted octanol–water partition coefficient (Wildman–Crippen LogP) is 3.27. The van der Waals surface area contributed by atoms with Gasteiger partial charge in [-0.1, -0.05) is 30.5 Å². The van der Waals surface area contributed by atoms with E-state index in [1.165, 1.54) is 33.5 Å². The van der Waals surface area contributed by atoms with E-state index in [1.807, 2.05) is 19.1 Å². The largest absolute Gasteiger partial charge is 0.332 e. The summed E-state index contributed by atoms with van der Waals surface area (Å²) < 4.78 is 27.3. The highest BCUT2D eigenvalue weighted by Gasteiger charge is 2.25. The summed E-state index contributed by atoms with van der Waals surface area (Å²) in [5, 5.41) is 2.76. The quantitative estimate of drug-likeness (QED) is 0.742. The molecule has 2 amide bonds. The number of nitrogens with zero attached hydrogens (tertiary/aromatic N) is 2. The molecule has 2 aromatic rings. The maximum atomic E-state index is 12.9. The molecule has 0 saturated carbocycles. The number of carbonyl (C=O) groups is 2. The molecular formula is C23H29N3O4S. The van der Waals surface area contributed by atoms with Crippen LogP contribution in [-0.2, 0) is 14.8 Å². The van der Waals surface area contributed by atoms with E-state index < -0.39 is 10.0 Å². The normalized spacial score (nSPS) is 15.2. The molecule has 3 rings (SSSR count). The topological polar surface area (TPSA) is 86.8 Å². The lowest BCUT2D eigenvalue weighted by atomic mass is 10.2. The van der Waals surface area contributed by atoms with E-state index in [0.717, 1.165) is 31.2 Å². The van der Waals surface area contributed by atoms with Crippen LogP contribution in [0.1, 0.15) is 41.6 Å². The number of nitrogens with one attached hydrogen (secondary N) is 1. The maximum Gasteiger partial charge on any atom is 0.254 e. The van der Waals surface area contributed by atoms with Gasteiger partial charge in [-0.05, 0) is 56.2 Å². The first-order valence-electron chi connectivity index (χ1n) is 10.5. The second kappa shape index (κ2) is 10.1. The fourth-order valence-corrected chi connectivity index (χ4v) is 5.06. The van der Waals surface area contributed by atoms with Crippen molar-refractivity contribution >= 4 is 27.5 Å². The van der Waals surface area contributed by atoms with Crippen LogP contribution in [0.4, 0.5) is 5.69 Å². The smallest absolute Gasteiger partial charge is 0.254 e. The van der Waals surface area contributed by atoms with Gasteiger partial charge in [0.2, 0.25) is 15.9 Å². The van der Waals surface area contributed by atoms with Crippen LogP contribution in [0.15, 0.2) is 53.4 Å². The second-order valence-electron chi connectivity index (χ2n) is 7.92. The molecule has 0 aliphatic carbocycles. The first kappa shape index (κ1) is 23.0. The lowest BCUT2D eigenvalue weighted by molar-refractivity contribution is -0.116. The Morgan fingerprint density at radius 3 is 2.10 bits per heavy atom. The van der Waals surface area contributed by atoms with Gasteiger partial charge < -0.3 is 10.2 Å². The van der Waals surface area contributed by atoms with Crippen molar-refractivity contribution in [2.24, 2.45) is 0 Å². The fraction of sp³-hybridized carbons (Fsp3) is 0.391. The third-order valence-corrected chi connectivity index (χ3v) is 7.28. The third-order valence-electron chi connectivity index (χ3n) is 5.37. The van der Waals surface area contributed by atoms with Crippen molar-refractivity contribution in [3.63, 3.8) is 0 Å². The Morgan fingerprint density at radius 1 is 0.935 bits per heavy atom. The number of carbonyl (C=O) groups excluding carboxylic acids is 2. The Labute approximate surface area is 184 Å². The molecule has 166 valence electrons. The molecule has 0 bridgehead atoms. The van der Waals surface area contributed by atoms with Crippen LogP contribution in [0.2, 0.25) is 0 Å². The minimum atomic E-state index is -3.56. The summed E-state index contributed by atoms with van der Waals surface area (Å²) in [7, 11) is -2.02. The van der Waals surface area contributed by atoms with Crippen LogP contribution in [-0.4, -0.2) is 56.1 Å². The van der Waals surface area contributed by atoms with Gasteiger partial charge in [0.1, 0.15) is 0 Å². The average molecular weight is 444 g/mol. The number of amides is 2. The zero-order chi connectivity index (χ0) is 22.4. The Hall–Kier alpha value is -2.71. The summed E-state index contributed by atoms with van der Waals surface area (Å²) in [6, 6.07) is 13.3. The third kappa shape index (κ3) is 5.92. The molecule has 0 unspecified atom stereocenters. The lowest BCUT2D eigenvalue weighted by Crippen LogP contribution is -2.35. The first-order valence-corrected chi connectivity index (χ1v) is 11.9. The molecule has 7 nitrogen and oxygen atoms in total. The second-order valence-corrected chi connectivity index (χ2v) is 9.86. The predicted molar refractivity (Wildman–Crippen MR) is 120 cm³/mol. The molecule has 31 heavy (non-hydrogen) atoms. The lowest BCUT2D eigenvalue weighted by Gasteiger charge is -2.20. The van der Waals surface area contributed by atoms with Crippen LogP contribution >= 0.6 is 0 Å². The summed E-state index contributed by atoms with van der Waals surface area (Å²) in [6.45, 7) is 2.91. The van der Waals surface area contributed by atoms with E-state index in [0.29, 0.717) is 24.3 Å². The molecular weight excluding hydrogens is 414 g/mol. The van der Waals surface area contributed by atoms with Gasteiger partial charge in [0, 0.05) is 31.4 Å². The first-order chi connectivity index (χ1) is 14.8. The highest BCUT2D eigenvalue weighted by Crippen LogP contribution is 2.21. The molecule has 2 aromatic carbocycles. The summed E-state index contributed by atoms with van der Waals surface area (Å²) in [5.74, 6) is -0.655. The summed E-state index contributed by atoms with van der Waals surface area (Å²) in [6.07, 6.45) is 3.82. The van der Waals surface area contributed by atoms with Gasteiger partial charge in [0.15, 0.2) is 0 Å². The molecule has 1 aliphatic rings. The van der Waals surface area contributed by atoms with E-state index in [2.05, 4.69) is 5.32 Å². The minimum Gasteiger partial charge on any atom is -0.332 e. The number of benzene rings is 2. The molecule has 0 atom stereocenters. The number of rotatable bonds is 6. The Morgan fingerprint density at radius 2 is 1.52 bits per heavy atom. The molecule has 1 saturated heterocycles. The number of hydrogen-bond donors (Lipinski definition) is 1. The number of aryl methyl sites for hydroxylation is 1. The van der Waals surface area contributed by atoms with E-state index in [4.69, 9.17) is 0 Å². The Kier molecular flexibility index (Phi) is 7.46. The molecule has 0 radical (unpaired) electrons. The highest BCUT2D eigenvalue weighted by molar-refractivity contribution is 7.89. The summed E-state index contributed by atoms with van der Waals surface area (Å²) in [4.78, 5) is 26.4. The van der Waals surface area contributed by atoms with Crippen molar-refractivity contribution in [3.05, 3.63) is 59.7 Å². The molecule has 0 spiro atoms. The van der Waals surface area contributed by atoms with Crippen LogP contribution in [0.5, 0.6) is 0 Å². The van der Waals surface area contributed by atoms with Crippen molar-refractivity contribution < 1.29 is 18.0 Å². The van der Waals surface area contributed by atoms with Crippen molar-refractivity contribution in [2.45, 2.75) is 37.5 Å². The number of anilines is 1. The number of hydrogen-bond acceptors (Lipinski definition) is 4. The molecule has 1 aliphatic heterocycles. The van der Waals surface area contributed by atoms with Gasteiger partial charge >= 0.3 is 0 Å². The summed E-state index contributed by atoms with van der Waals surface area (Å²) >= 11 is 0. The van der Waals surface area contributed by atoms with Crippen LogP contribution in [0, 0.1) is 6.92 Å². The molecule has 0 aromatic heterocycles. The van der Waals surface area contributed by atoms with Gasteiger partial charge in [-0.2, -0.15) is 4.31 Å². The van der Waals surface area contributed by atoms with E-state index in [1.54, 1.807) is 19.2 Å². The van der Waals surface area contributed by atoms with Crippen LogP contribution in [0.25, 0.3) is 0 Å². The molecule has 8 heteroatoms. The average Bonchev–Trinajstić information content (AvgIpc) is 3.05. The number of sulfonamides is 1. The standard InChI is InChI=1S/C23H29N3O4S/c1-18-7-11-20(12-8-18)24-22(27)17-25(2)23(28)19-9-13-21(14-10-19)31(29,30)26-15-5-3-4-6-16-26/h7-14H,3-6,15-17H2,1-2H3,(H,24,27). The fourth-order valence-electron chi connectivity index (χ4n) is 3.55. The van der Waals surface area contributed by atoms with E-state index in [-0.39, 0.29) is 23.3 Å². The van der Waals surface area contributed by atoms with Gasteiger partial charge in [-0.3, -0.25) is 9.59 Å². The summed E-state index contributed by atoms with van der Waals surface area (Å²) in [5.41, 5.74) is 2.09. The van der Waals surface area contributed by atoms with E-state index >= 15 is 0 Å². The van der Waals surface area contributed by atoms with Crippen molar-refractivity contribution in [1.82, 2.24) is 9.21 Å². The zero-order valence-electron chi connectivity index (χ0n) is 18.0. The van der Waals surface area contributed by atoms with Gasteiger partial charge in [0.25, 0.3) is 5.91 Å².